The van der Waals surface area contributed by atoms with Crippen LogP contribution in [0.2, 0.25) is 0 Å². The molecule has 0 radical (unpaired) electrons. The molecule has 0 amide bonds. The summed E-state index contributed by atoms with van der Waals surface area (Å²) in [5.74, 6) is -0.981. The van der Waals surface area contributed by atoms with Crippen molar-refractivity contribution in [2.75, 3.05) is 24.4 Å². The quantitative estimate of drug-likeness (QED) is 0.641. The van der Waals surface area contributed by atoms with E-state index in [-0.39, 0.29) is 12.2 Å². The van der Waals surface area contributed by atoms with Gasteiger partial charge < -0.3 is 5.32 Å². The first-order valence-electron chi connectivity index (χ1n) is 8.46. The number of hydrogen-bond acceptors (Lipinski definition) is 5. The summed E-state index contributed by atoms with van der Waals surface area (Å²) >= 11 is 0. The number of nitrogens with zero attached hydrogens (tertiary/aromatic N) is 2. The Morgan fingerprint density at radius 2 is 1.85 bits per heavy atom. The van der Waals surface area contributed by atoms with Gasteiger partial charge in [0.15, 0.2) is 0 Å². The van der Waals surface area contributed by atoms with Crippen molar-refractivity contribution in [3.8, 4) is 0 Å². The number of hydrogen-bond donors (Lipinski definition) is 3. The average molecular weight is 383 g/mol. The summed E-state index contributed by atoms with van der Waals surface area (Å²) in [6, 6.07) is 9.98. The number of halogens is 2. The van der Waals surface area contributed by atoms with Crippen molar-refractivity contribution in [3.63, 3.8) is 0 Å². The number of benzene rings is 2. The normalized spacial score (nSPS) is 17.8. The maximum Gasteiger partial charge on any atom is 0.148 e. The summed E-state index contributed by atoms with van der Waals surface area (Å²) in [4.78, 5) is 0. The molecule has 3 rings (SSSR count). The van der Waals surface area contributed by atoms with Crippen LogP contribution in [0.4, 0.5) is 20.2 Å². The lowest BCUT2D eigenvalue weighted by atomic mass is 10.1. The van der Waals surface area contributed by atoms with Crippen molar-refractivity contribution in [2.45, 2.75) is 19.4 Å². The van der Waals surface area contributed by atoms with E-state index >= 15 is 0 Å². The van der Waals surface area contributed by atoms with Gasteiger partial charge in [0, 0.05) is 13.1 Å². The van der Waals surface area contributed by atoms with E-state index in [1.54, 1.807) is 6.07 Å². The second-order valence-electron chi connectivity index (χ2n) is 6.18. The zero-order valence-electron chi connectivity index (χ0n) is 14.5. The van der Waals surface area contributed by atoms with Crippen LogP contribution in [0.1, 0.15) is 18.4 Å². The van der Waals surface area contributed by atoms with E-state index < -0.39 is 22.6 Å². The lowest BCUT2D eigenvalue weighted by Gasteiger charge is -2.53. The van der Waals surface area contributed by atoms with Gasteiger partial charge in [0.1, 0.15) is 11.6 Å². The first-order chi connectivity index (χ1) is 12.4. The molecule has 2 aromatic carbocycles. The molecule has 0 unspecified atom stereocenters. The van der Waals surface area contributed by atoms with Crippen LogP contribution in [0.3, 0.4) is 0 Å². The van der Waals surface area contributed by atoms with Crippen LogP contribution in [0.15, 0.2) is 42.5 Å². The van der Waals surface area contributed by atoms with Crippen LogP contribution in [0.25, 0.3) is 0 Å². The molecule has 0 bridgehead atoms. The Kier molecular flexibility index (Phi) is 5.79. The zero-order chi connectivity index (χ0) is 18.7. The Hall–Kier alpha value is -1.71. The summed E-state index contributed by atoms with van der Waals surface area (Å²) in [5.41, 5.74) is 1.05. The summed E-state index contributed by atoms with van der Waals surface area (Å²) in [5, 5.41) is 3.05. The second kappa shape index (κ2) is 7.89. The molecule has 2 aromatic rings. The Morgan fingerprint density at radius 3 is 2.58 bits per heavy atom. The van der Waals surface area contributed by atoms with Crippen LogP contribution >= 0.6 is 11.0 Å². The Balaban J connectivity index is 2.01. The number of unbranched alkanes of at least 4 members (excludes halogenated alkanes) is 1. The molecule has 0 spiro atoms. The molecule has 0 fully saturated rings. The summed E-state index contributed by atoms with van der Waals surface area (Å²) in [7, 11) is -1.61. The predicted molar refractivity (Wildman–Crippen MR) is 101 cm³/mol. The first kappa shape index (κ1) is 19.1. The van der Waals surface area contributed by atoms with Crippen molar-refractivity contribution in [1.29, 1.82) is 0 Å². The third-order valence-corrected chi connectivity index (χ3v) is 6.24. The minimum atomic E-state index is -3.47. The highest BCUT2D eigenvalue weighted by atomic mass is 32.3. The minimum absolute atomic E-state index is 0.0558. The SMILES string of the molecule is CNCCCCN1Cc2cc(F)ccc2N(c2ccccc2F)S1(O)O. The zero-order valence-corrected chi connectivity index (χ0v) is 15.3. The molecule has 1 aliphatic heterocycles. The van der Waals surface area contributed by atoms with Gasteiger partial charge in [-0.1, -0.05) is 12.1 Å². The molecule has 8 heteroatoms. The Bertz CT molecular complexity index is 776. The Morgan fingerprint density at radius 1 is 1.08 bits per heavy atom. The largest absolute Gasteiger partial charge is 0.320 e. The molecule has 5 nitrogen and oxygen atoms in total. The maximum atomic E-state index is 14.4. The summed E-state index contributed by atoms with van der Waals surface area (Å²) in [6.07, 6.45) is 1.59. The van der Waals surface area contributed by atoms with Crippen LogP contribution < -0.4 is 9.62 Å². The highest BCUT2D eigenvalue weighted by molar-refractivity contribution is 8.23. The molecule has 0 saturated heterocycles. The van der Waals surface area contributed by atoms with Crippen molar-refractivity contribution in [1.82, 2.24) is 9.62 Å². The van der Waals surface area contributed by atoms with E-state index in [1.165, 1.54) is 45.0 Å². The van der Waals surface area contributed by atoms with E-state index in [9.17, 15) is 17.9 Å². The molecular weight excluding hydrogens is 360 g/mol. The molecule has 0 atom stereocenters. The number of para-hydroxylation sites is 1. The smallest absolute Gasteiger partial charge is 0.148 e. The molecule has 142 valence electrons. The topological polar surface area (TPSA) is 59.0 Å². The molecule has 1 aliphatic rings. The van der Waals surface area contributed by atoms with Crippen molar-refractivity contribution in [3.05, 3.63) is 59.7 Å². The fourth-order valence-corrected chi connectivity index (χ4v) is 4.84. The fourth-order valence-electron chi connectivity index (χ4n) is 3.07. The van der Waals surface area contributed by atoms with Gasteiger partial charge in [-0.15, -0.1) is 0 Å². The summed E-state index contributed by atoms with van der Waals surface area (Å²) in [6.45, 7) is 1.42. The predicted octanol–water partition coefficient (Wildman–Crippen LogP) is 4.50. The van der Waals surface area contributed by atoms with Gasteiger partial charge in [0.25, 0.3) is 0 Å². The fraction of sp³-hybridized carbons (Fsp3) is 0.333. The van der Waals surface area contributed by atoms with Gasteiger partial charge in [-0.3, -0.25) is 9.11 Å². The number of anilines is 2. The molecule has 3 N–H and O–H groups in total. The molecular formula is C18H23F2N3O2S. The van der Waals surface area contributed by atoms with Crippen molar-refractivity contribution >= 4 is 22.3 Å². The van der Waals surface area contributed by atoms with E-state index in [1.807, 2.05) is 7.05 Å². The molecule has 26 heavy (non-hydrogen) atoms. The summed E-state index contributed by atoms with van der Waals surface area (Å²) < 4.78 is 52.8. The van der Waals surface area contributed by atoms with E-state index in [4.69, 9.17) is 0 Å². The van der Waals surface area contributed by atoms with Gasteiger partial charge in [-0.25, -0.2) is 13.1 Å². The minimum Gasteiger partial charge on any atom is -0.320 e. The van der Waals surface area contributed by atoms with E-state index in [0.717, 1.165) is 19.4 Å². The number of fused-ring (bicyclic) bond motifs is 1. The highest BCUT2D eigenvalue weighted by Crippen LogP contribution is 2.59. The van der Waals surface area contributed by atoms with Crippen LogP contribution in [0, 0.1) is 11.6 Å². The maximum absolute atomic E-state index is 14.4. The third kappa shape index (κ3) is 3.70. The molecule has 0 aromatic heterocycles. The van der Waals surface area contributed by atoms with Crippen LogP contribution in [-0.2, 0) is 6.54 Å². The molecule has 0 aliphatic carbocycles. The molecule has 1 heterocycles. The monoisotopic (exact) mass is 383 g/mol. The Labute approximate surface area is 153 Å². The van der Waals surface area contributed by atoms with Crippen molar-refractivity contribution < 1.29 is 17.9 Å². The van der Waals surface area contributed by atoms with Gasteiger partial charge in [-0.05, 0) is 73.3 Å². The van der Waals surface area contributed by atoms with Gasteiger partial charge >= 0.3 is 0 Å². The van der Waals surface area contributed by atoms with Crippen LogP contribution in [0.5, 0.6) is 0 Å². The van der Waals surface area contributed by atoms with E-state index in [2.05, 4.69) is 5.32 Å². The van der Waals surface area contributed by atoms with E-state index in [0.29, 0.717) is 17.8 Å². The van der Waals surface area contributed by atoms with Gasteiger partial charge in [0.2, 0.25) is 0 Å². The molecule has 0 saturated carbocycles. The standard InChI is InChI=1S/C18H23F2N3O2S/c1-21-10-4-5-11-22-13-14-12-15(19)8-9-17(14)23(26(22,24)25)18-7-3-2-6-16(18)20/h2-3,6-9,12,21,24-25H,4-5,10-11,13H2,1H3. The lowest BCUT2D eigenvalue weighted by molar-refractivity contribution is 0.329. The third-order valence-electron chi connectivity index (χ3n) is 4.35. The average Bonchev–Trinajstić information content (AvgIpc) is 2.60. The van der Waals surface area contributed by atoms with Crippen LogP contribution in [-0.4, -0.2) is 33.5 Å². The van der Waals surface area contributed by atoms with Gasteiger partial charge in [0.05, 0.1) is 11.4 Å². The number of nitrogens with one attached hydrogen (secondary N) is 1. The second-order valence-corrected chi connectivity index (χ2v) is 8.04. The lowest BCUT2D eigenvalue weighted by Crippen LogP contribution is -2.42. The first-order valence-corrected chi connectivity index (χ1v) is 9.92. The van der Waals surface area contributed by atoms with Crippen molar-refractivity contribution in [2.24, 2.45) is 0 Å². The number of rotatable bonds is 6. The highest BCUT2D eigenvalue weighted by Gasteiger charge is 2.38. The van der Waals surface area contributed by atoms with Gasteiger partial charge in [-0.2, -0.15) is 4.31 Å².